The van der Waals surface area contributed by atoms with Crippen molar-refractivity contribution in [3.05, 3.63) is 11.7 Å². The zero-order valence-corrected chi connectivity index (χ0v) is 16.4. The minimum absolute atomic E-state index is 0.219. The number of aryl methyl sites for hydroxylation is 1. The van der Waals surface area contributed by atoms with E-state index >= 15 is 0 Å². The number of hydrogen-bond donors (Lipinski definition) is 2. The van der Waals surface area contributed by atoms with E-state index in [-0.39, 0.29) is 17.9 Å². The molecule has 0 radical (unpaired) electrons. The summed E-state index contributed by atoms with van der Waals surface area (Å²) in [6, 6.07) is 0.257. The lowest BCUT2D eigenvalue weighted by Gasteiger charge is -2.18. The van der Waals surface area contributed by atoms with E-state index in [1.807, 2.05) is 32.6 Å². The lowest BCUT2D eigenvalue weighted by molar-refractivity contribution is -0.129. The molecule has 1 aliphatic heterocycles. The van der Waals surface area contributed by atoms with Crippen LogP contribution in [-0.2, 0) is 11.2 Å². The quantitative estimate of drug-likeness (QED) is 0.414. The maximum atomic E-state index is 11.8. The van der Waals surface area contributed by atoms with Crippen molar-refractivity contribution in [3.63, 3.8) is 0 Å². The van der Waals surface area contributed by atoms with Gasteiger partial charge in [-0.3, -0.25) is 9.79 Å². The highest BCUT2D eigenvalue weighted by atomic mass is 16.5. The highest BCUT2D eigenvalue weighted by Gasteiger charge is 2.25. The topological polar surface area (TPSA) is 95.7 Å². The number of nitrogens with zero attached hydrogens (tertiary/aromatic N) is 4. The number of hydrogen-bond acceptors (Lipinski definition) is 5. The predicted molar refractivity (Wildman–Crippen MR) is 101 cm³/mol. The van der Waals surface area contributed by atoms with Gasteiger partial charge in [-0.2, -0.15) is 4.98 Å². The molecule has 0 aliphatic carbocycles. The Bertz CT molecular complexity index is 598. The second kappa shape index (κ2) is 10.1. The first kappa shape index (κ1) is 20.2. The number of likely N-dealkylation sites (tertiary alicyclic amines) is 1. The number of aromatic nitrogens is 2. The SMILES string of the molecule is CCNC(=NCCCc1nc(C(C)C)no1)NC1CCN(C(=O)CC)C1. The molecule has 0 spiro atoms. The van der Waals surface area contributed by atoms with Gasteiger partial charge in [-0.1, -0.05) is 25.9 Å². The average Bonchev–Trinajstić information content (AvgIpc) is 3.27. The molecular formula is C18H32N6O2. The molecule has 0 saturated carbocycles. The van der Waals surface area contributed by atoms with E-state index in [0.29, 0.717) is 18.9 Å². The molecule has 1 aromatic rings. The first-order valence-electron chi connectivity index (χ1n) is 9.68. The normalized spacial score (nSPS) is 17.8. The number of carbonyl (C=O) groups excluding carboxylic acids is 1. The van der Waals surface area contributed by atoms with Crippen molar-refractivity contribution in [2.45, 2.75) is 65.3 Å². The van der Waals surface area contributed by atoms with E-state index in [0.717, 1.165) is 50.7 Å². The molecular weight excluding hydrogens is 332 g/mol. The summed E-state index contributed by atoms with van der Waals surface area (Å²) < 4.78 is 5.25. The van der Waals surface area contributed by atoms with E-state index in [9.17, 15) is 4.79 Å². The van der Waals surface area contributed by atoms with Crippen LogP contribution in [0.3, 0.4) is 0 Å². The highest BCUT2D eigenvalue weighted by molar-refractivity contribution is 5.80. The van der Waals surface area contributed by atoms with E-state index in [4.69, 9.17) is 4.52 Å². The number of carbonyl (C=O) groups is 1. The molecule has 1 fully saturated rings. The lowest BCUT2D eigenvalue weighted by atomic mass is 10.2. The largest absolute Gasteiger partial charge is 0.357 e. The molecule has 0 aromatic carbocycles. The van der Waals surface area contributed by atoms with Crippen molar-refractivity contribution < 1.29 is 9.32 Å². The van der Waals surface area contributed by atoms with Gasteiger partial charge >= 0.3 is 0 Å². The molecule has 1 amide bonds. The standard InChI is InChI=1S/C18H32N6O2/c1-5-16(25)24-11-9-14(12-24)21-18(19-6-2)20-10-7-8-15-22-17(13(3)4)23-26-15/h13-14H,5-12H2,1-4H3,(H2,19,20,21). The molecule has 1 unspecified atom stereocenters. The monoisotopic (exact) mass is 364 g/mol. The predicted octanol–water partition coefficient (Wildman–Crippen LogP) is 1.69. The summed E-state index contributed by atoms with van der Waals surface area (Å²) in [7, 11) is 0. The van der Waals surface area contributed by atoms with Gasteiger partial charge in [-0.05, 0) is 19.8 Å². The van der Waals surface area contributed by atoms with Crippen LogP contribution in [0.5, 0.6) is 0 Å². The van der Waals surface area contributed by atoms with Crippen molar-refractivity contribution in [1.29, 1.82) is 0 Å². The average molecular weight is 364 g/mol. The molecule has 8 heteroatoms. The van der Waals surface area contributed by atoms with Crippen molar-refractivity contribution in [2.75, 3.05) is 26.2 Å². The Morgan fingerprint density at radius 1 is 1.42 bits per heavy atom. The molecule has 146 valence electrons. The summed E-state index contributed by atoms with van der Waals surface area (Å²) in [5.41, 5.74) is 0. The first-order chi connectivity index (χ1) is 12.5. The molecule has 2 heterocycles. The van der Waals surface area contributed by atoms with Crippen LogP contribution >= 0.6 is 0 Å². The van der Waals surface area contributed by atoms with Crippen LogP contribution in [0.1, 0.15) is 64.6 Å². The molecule has 2 N–H and O–H groups in total. The molecule has 2 rings (SSSR count). The number of guanidine groups is 1. The van der Waals surface area contributed by atoms with E-state index in [1.165, 1.54) is 0 Å². The van der Waals surface area contributed by atoms with Crippen LogP contribution < -0.4 is 10.6 Å². The molecule has 1 saturated heterocycles. The maximum absolute atomic E-state index is 11.8. The van der Waals surface area contributed by atoms with E-state index in [2.05, 4.69) is 25.8 Å². The number of aliphatic imine (C=N–C) groups is 1. The molecule has 8 nitrogen and oxygen atoms in total. The molecule has 1 aliphatic rings. The maximum Gasteiger partial charge on any atom is 0.226 e. The van der Waals surface area contributed by atoms with Crippen LogP contribution in [0.15, 0.2) is 9.52 Å². The van der Waals surface area contributed by atoms with Crippen LogP contribution in [0, 0.1) is 0 Å². The van der Waals surface area contributed by atoms with E-state index < -0.39 is 0 Å². The van der Waals surface area contributed by atoms with Crippen molar-refractivity contribution in [3.8, 4) is 0 Å². The summed E-state index contributed by atoms with van der Waals surface area (Å²) in [6.07, 6.45) is 3.09. The van der Waals surface area contributed by atoms with Crippen molar-refractivity contribution in [1.82, 2.24) is 25.7 Å². The second-order valence-electron chi connectivity index (χ2n) is 6.89. The summed E-state index contributed by atoms with van der Waals surface area (Å²) in [5, 5.41) is 10.7. The van der Waals surface area contributed by atoms with E-state index in [1.54, 1.807) is 0 Å². The van der Waals surface area contributed by atoms with Gasteiger partial charge in [0.15, 0.2) is 11.8 Å². The minimum Gasteiger partial charge on any atom is -0.357 e. The van der Waals surface area contributed by atoms with Gasteiger partial charge in [0, 0.05) is 51.0 Å². The summed E-state index contributed by atoms with van der Waals surface area (Å²) >= 11 is 0. The third-order valence-electron chi connectivity index (χ3n) is 4.35. The molecule has 1 aromatic heterocycles. The third-order valence-corrected chi connectivity index (χ3v) is 4.35. The fraction of sp³-hybridized carbons (Fsp3) is 0.778. The van der Waals surface area contributed by atoms with Crippen molar-refractivity contribution in [2.24, 2.45) is 4.99 Å². The van der Waals surface area contributed by atoms with Crippen molar-refractivity contribution >= 4 is 11.9 Å². The highest BCUT2D eigenvalue weighted by Crippen LogP contribution is 2.11. The van der Waals surface area contributed by atoms with Gasteiger partial charge in [0.1, 0.15) is 0 Å². The summed E-state index contributed by atoms with van der Waals surface area (Å²) in [5.74, 6) is 2.73. The Kier molecular flexibility index (Phi) is 7.87. The molecule has 0 bridgehead atoms. The van der Waals surface area contributed by atoms with Crippen LogP contribution in [0.2, 0.25) is 0 Å². The first-order valence-corrected chi connectivity index (χ1v) is 9.68. The Hall–Kier alpha value is -2.12. The van der Waals surface area contributed by atoms with Crippen LogP contribution in [0.4, 0.5) is 0 Å². The van der Waals surface area contributed by atoms with Gasteiger partial charge in [0.05, 0.1) is 0 Å². The number of nitrogens with one attached hydrogen (secondary N) is 2. The van der Waals surface area contributed by atoms with Gasteiger partial charge in [0.25, 0.3) is 0 Å². The molecule has 26 heavy (non-hydrogen) atoms. The third kappa shape index (κ3) is 6.00. The van der Waals surface area contributed by atoms with Gasteiger partial charge < -0.3 is 20.1 Å². The van der Waals surface area contributed by atoms with Crippen LogP contribution in [0.25, 0.3) is 0 Å². The van der Waals surface area contributed by atoms with Gasteiger partial charge in [-0.25, -0.2) is 0 Å². The summed E-state index contributed by atoms with van der Waals surface area (Å²) in [4.78, 5) is 22.7. The molecule has 1 atom stereocenters. The Labute approximate surface area is 155 Å². The Balaban J connectivity index is 1.78. The summed E-state index contributed by atoms with van der Waals surface area (Å²) in [6.45, 7) is 11.1. The lowest BCUT2D eigenvalue weighted by Crippen LogP contribution is -2.45. The van der Waals surface area contributed by atoms with Crippen LogP contribution in [-0.4, -0.2) is 59.1 Å². The Morgan fingerprint density at radius 2 is 2.23 bits per heavy atom. The fourth-order valence-corrected chi connectivity index (χ4v) is 2.87. The fourth-order valence-electron chi connectivity index (χ4n) is 2.87. The smallest absolute Gasteiger partial charge is 0.226 e. The Morgan fingerprint density at radius 3 is 2.88 bits per heavy atom. The van der Waals surface area contributed by atoms with Gasteiger partial charge in [0.2, 0.25) is 11.8 Å². The number of rotatable bonds is 8. The zero-order valence-electron chi connectivity index (χ0n) is 16.4. The number of amides is 1. The zero-order chi connectivity index (χ0) is 18.9. The minimum atomic E-state index is 0.219. The second-order valence-corrected chi connectivity index (χ2v) is 6.89. The van der Waals surface area contributed by atoms with Gasteiger partial charge in [-0.15, -0.1) is 0 Å².